The number of nitrogens with zero attached hydrogens (tertiary/aromatic N) is 1. The summed E-state index contributed by atoms with van der Waals surface area (Å²) in [5.41, 5.74) is 0.152. The van der Waals surface area contributed by atoms with Crippen molar-refractivity contribution >= 4 is 5.97 Å². The Morgan fingerprint density at radius 3 is 2.00 bits per heavy atom. The maximum atomic E-state index is 13.2. The van der Waals surface area contributed by atoms with Crippen LogP contribution in [0, 0.1) is 0 Å². The normalized spacial score (nSPS) is 11.3. The number of hydrogen-bond acceptors (Lipinski definition) is 4. The number of esters is 1. The third kappa shape index (κ3) is 4.56. The molecule has 2 rings (SSSR count). The van der Waals surface area contributed by atoms with E-state index >= 15 is 0 Å². The van der Waals surface area contributed by atoms with Gasteiger partial charge in [0.25, 0.3) is 0 Å². The van der Waals surface area contributed by atoms with Gasteiger partial charge >= 0.3 is 5.97 Å². The lowest BCUT2D eigenvalue weighted by atomic mass is 9.86. The van der Waals surface area contributed by atoms with Gasteiger partial charge in [0.05, 0.1) is 6.61 Å². The van der Waals surface area contributed by atoms with Crippen LogP contribution in [0.1, 0.15) is 11.1 Å². The third-order valence-electron chi connectivity index (χ3n) is 3.84. The van der Waals surface area contributed by atoms with E-state index in [1.807, 2.05) is 79.7 Å². The Labute approximate surface area is 149 Å². The standard InChI is InChI=1S/C21H25NO3/c1-4-16-25-21(18-11-7-5-8-12-18,19-13-9-6-10-14-19)20(23)24-17-15-22(2)3/h4-14H,1,15-17H2,2-3H3. The fourth-order valence-electron chi connectivity index (χ4n) is 2.58. The largest absolute Gasteiger partial charge is 0.462 e. The Balaban J connectivity index is 2.47. The minimum absolute atomic E-state index is 0.229. The summed E-state index contributed by atoms with van der Waals surface area (Å²) in [5.74, 6) is -0.423. The average Bonchev–Trinajstić information content (AvgIpc) is 2.64. The quantitative estimate of drug-likeness (QED) is 0.519. The summed E-state index contributed by atoms with van der Waals surface area (Å²) in [7, 11) is 3.87. The molecule has 0 fully saturated rings. The lowest BCUT2D eigenvalue weighted by Crippen LogP contribution is -2.42. The molecule has 0 bridgehead atoms. The zero-order chi connectivity index (χ0) is 18.1. The highest BCUT2D eigenvalue weighted by molar-refractivity contribution is 5.85. The van der Waals surface area contributed by atoms with Gasteiger partial charge in [0.1, 0.15) is 6.61 Å². The highest BCUT2D eigenvalue weighted by Gasteiger charge is 2.44. The summed E-state index contributed by atoms with van der Waals surface area (Å²) in [6.45, 7) is 4.88. The molecule has 0 heterocycles. The molecule has 132 valence electrons. The van der Waals surface area contributed by atoms with Crippen molar-refractivity contribution in [2.75, 3.05) is 33.9 Å². The molecule has 0 N–H and O–H groups in total. The Kier molecular flexibility index (Phi) is 6.92. The summed E-state index contributed by atoms with van der Waals surface area (Å²) in [6, 6.07) is 18.9. The van der Waals surface area contributed by atoms with Gasteiger partial charge in [-0.05, 0) is 25.2 Å². The SMILES string of the molecule is C=CCOC(C(=O)OCCN(C)C)(c1ccccc1)c1ccccc1. The van der Waals surface area contributed by atoms with Crippen LogP contribution in [-0.2, 0) is 19.9 Å². The number of likely N-dealkylation sites (N-methyl/N-ethyl adjacent to an activating group) is 1. The van der Waals surface area contributed by atoms with Crippen LogP contribution in [-0.4, -0.2) is 44.7 Å². The van der Waals surface area contributed by atoms with Crippen molar-refractivity contribution in [1.82, 2.24) is 4.90 Å². The van der Waals surface area contributed by atoms with Gasteiger partial charge in [-0.3, -0.25) is 0 Å². The molecule has 0 unspecified atom stereocenters. The van der Waals surface area contributed by atoms with Crippen LogP contribution in [0.3, 0.4) is 0 Å². The molecule has 0 radical (unpaired) electrons. The summed E-state index contributed by atoms with van der Waals surface area (Å²) < 4.78 is 11.6. The van der Waals surface area contributed by atoms with Crippen molar-refractivity contribution in [1.29, 1.82) is 0 Å². The Hall–Kier alpha value is -2.43. The molecule has 0 spiro atoms. The second-order valence-electron chi connectivity index (χ2n) is 5.95. The predicted molar refractivity (Wildman–Crippen MR) is 99.3 cm³/mol. The predicted octanol–water partition coefficient (Wildman–Crippen LogP) is 3.24. The third-order valence-corrected chi connectivity index (χ3v) is 3.84. The lowest BCUT2D eigenvalue weighted by Gasteiger charge is -2.32. The van der Waals surface area contributed by atoms with Gasteiger partial charge in [0.15, 0.2) is 0 Å². The first-order valence-electron chi connectivity index (χ1n) is 8.29. The van der Waals surface area contributed by atoms with Crippen LogP contribution in [0.15, 0.2) is 73.3 Å². The van der Waals surface area contributed by atoms with Crippen molar-refractivity contribution in [3.05, 3.63) is 84.4 Å². The van der Waals surface area contributed by atoms with Gasteiger partial charge in [-0.2, -0.15) is 0 Å². The zero-order valence-corrected chi connectivity index (χ0v) is 14.9. The molecule has 4 nitrogen and oxygen atoms in total. The fraction of sp³-hybridized carbons (Fsp3) is 0.286. The molecule has 2 aromatic rings. The summed E-state index contributed by atoms with van der Waals surface area (Å²) in [6.07, 6.45) is 1.63. The van der Waals surface area contributed by atoms with Crippen LogP contribution < -0.4 is 0 Å². The lowest BCUT2D eigenvalue weighted by molar-refractivity contribution is -0.167. The first-order valence-corrected chi connectivity index (χ1v) is 8.29. The average molecular weight is 339 g/mol. The zero-order valence-electron chi connectivity index (χ0n) is 14.9. The monoisotopic (exact) mass is 339 g/mol. The maximum Gasteiger partial charge on any atom is 0.347 e. The van der Waals surface area contributed by atoms with Crippen LogP contribution >= 0.6 is 0 Å². The van der Waals surface area contributed by atoms with Crippen LogP contribution in [0.4, 0.5) is 0 Å². The molecule has 4 heteroatoms. The van der Waals surface area contributed by atoms with Crippen molar-refractivity contribution in [3.8, 4) is 0 Å². The van der Waals surface area contributed by atoms with Gasteiger partial charge < -0.3 is 14.4 Å². The molecule has 25 heavy (non-hydrogen) atoms. The number of carbonyl (C=O) groups excluding carboxylic acids is 1. The smallest absolute Gasteiger partial charge is 0.347 e. The maximum absolute atomic E-state index is 13.2. The summed E-state index contributed by atoms with van der Waals surface area (Å²) in [5, 5.41) is 0. The van der Waals surface area contributed by atoms with E-state index < -0.39 is 11.6 Å². The van der Waals surface area contributed by atoms with Crippen molar-refractivity contribution < 1.29 is 14.3 Å². The van der Waals surface area contributed by atoms with E-state index in [4.69, 9.17) is 9.47 Å². The molecule has 0 aliphatic heterocycles. The number of carbonyl (C=O) groups is 1. The van der Waals surface area contributed by atoms with Gasteiger partial charge in [-0.15, -0.1) is 6.58 Å². The van der Waals surface area contributed by atoms with E-state index in [0.717, 1.165) is 11.1 Å². The molecule has 0 aliphatic rings. The van der Waals surface area contributed by atoms with Gasteiger partial charge in [-0.1, -0.05) is 66.7 Å². The molecule has 0 aromatic heterocycles. The molecule has 0 aliphatic carbocycles. The summed E-state index contributed by atoms with van der Waals surface area (Å²) in [4.78, 5) is 15.1. The van der Waals surface area contributed by atoms with E-state index in [9.17, 15) is 4.79 Å². The molecular formula is C21H25NO3. The highest BCUT2D eigenvalue weighted by atomic mass is 16.6. The molecule has 0 atom stereocenters. The number of ether oxygens (including phenoxy) is 2. The first-order chi connectivity index (χ1) is 12.1. The second kappa shape index (κ2) is 9.16. The molecule has 2 aromatic carbocycles. The second-order valence-corrected chi connectivity index (χ2v) is 5.95. The first kappa shape index (κ1) is 18.9. The minimum Gasteiger partial charge on any atom is -0.462 e. The Bertz CT molecular complexity index is 629. The van der Waals surface area contributed by atoms with Crippen LogP contribution in [0.25, 0.3) is 0 Å². The van der Waals surface area contributed by atoms with E-state index in [0.29, 0.717) is 13.2 Å². The molecule has 0 saturated heterocycles. The topological polar surface area (TPSA) is 38.8 Å². The van der Waals surface area contributed by atoms with E-state index in [1.54, 1.807) is 6.08 Å². The Morgan fingerprint density at radius 1 is 1.04 bits per heavy atom. The highest BCUT2D eigenvalue weighted by Crippen LogP contribution is 2.35. The van der Waals surface area contributed by atoms with Crippen molar-refractivity contribution in [2.24, 2.45) is 0 Å². The molecular weight excluding hydrogens is 314 g/mol. The minimum atomic E-state index is -1.32. The van der Waals surface area contributed by atoms with Gasteiger partial charge in [0.2, 0.25) is 5.60 Å². The summed E-state index contributed by atoms with van der Waals surface area (Å²) >= 11 is 0. The van der Waals surface area contributed by atoms with Crippen molar-refractivity contribution in [2.45, 2.75) is 5.60 Å². The number of hydrogen-bond donors (Lipinski definition) is 0. The van der Waals surface area contributed by atoms with E-state index in [-0.39, 0.29) is 6.61 Å². The van der Waals surface area contributed by atoms with Gasteiger partial charge in [0, 0.05) is 6.54 Å². The number of benzene rings is 2. The molecule has 0 amide bonds. The van der Waals surface area contributed by atoms with Crippen LogP contribution in [0.5, 0.6) is 0 Å². The number of rotatable bonds is 9. The van der Waals surface area contributed by atoms with E-state index in [1.165, 1.54) is 0 Å². The van der Waals surface area contributed by atoms with E-state index in [2.05, 4.69) is 6.58 Å². The fourth-order valence-corrected chi connectivity index (χ4v) is 2.58. The van der Waals surface area contributed by atoms with Crippen molar-refractivity contribution in [3.63, 3.8) is 0 Å². The molecule has 0 saturated carbocycles. The van der Waals surface area contributed by atoms with Gasteiger partial charge in [-0.25, -0.2) is 4.79 Å². The van der Waals surface area contributed by atoms with Crippen LogP contribution in [0.2, 0.25) is 0 Å². The Morgan fingerprint density at radius 2 is 1.56 bits per heavy atom.